The third-order valence-corrected chi connectivity index (χ3v) is 13.9. The highest BCUT2D eigenvalue weighted by molar-refractivity contribution is 8.42. The lowest BCUT2D eigenvalue weighted by Gasteiger charge is -2.32. The summed E-state index contributed by atoms with van der Waals surface area (Å²) < 4.78 is 12.0. The van der Waals surface area contributed by atoms with E-state index >= 15 is 0 Å². The van der Waals surface area contributed by atoms with Crippen LogP contribution < -0.4 is 22.2 Å². The molecule has 12 nitrogen and oxygen atoms in total. The zero-order valence-corrected chi connectivity index (χ0v) is 33.5. The molecule has 3 amide bonds. The fraction of sp³-hybridized carbons (Fsp3) is 0.318. The van der Waals surface area contributed by atoms with Crippen molar-refractivity contribution in [2.45, 2.75) is 50.6 Å². The van der Waals surface area contributed by atoms with Crippen molar-refractivity contribution in [3.63, 3.8) is 0 Å². The number of H-pyrrole nitrogens is 1. The molecule has 6 N–H and O–H groups in total. The SMILES string of the molecule is CS1(CC(=O)Nc2cccc(C(=O)N3CCC(c4cccc(CN)c4)CC3)c2)OB(c2cccc3[nH]c(C(=O)N4CCC(c5cccc(CN)c5)CC4)cc23)OC1=O. The zero-order chi connectivity index (χ0) is 40.4. The fourth-order valence-electron chi connectivity index (χ4n) is 8.46. The Balaban J connectivity index is 0.873. The summed E-state index contributed by atoms with van der Waals surface area (Å²) in [6.07, 6.45) is 5.06. The molecule has 0 spiro atoms. The van der Waals surface area contributed by atoms with Gasteiger partial charge < -0.3 is 40.3 Å². The molecule has 5 aromatic rings. The largest absolute Gasteiger partial charge is 0.576 e. The lowest BCUT2D eigenvalue weighted by molar-refractivity contribution is -0.113. The number of amides is 3. The summed E-state index contributed by atoms with van der Waals surface area (Å²) in [5.41, 5.74) is 19.1. The lowest BCUT2D eigenvalue weighted by Crippen LogP contribution is -2.38. The number of likely N-dealkylation sites (tertiary alicyclic amines) is 2. The summed E-state index contributed by atoms with van der Waals surface area (Å²) in [5.74, 6) is -0.0865. The monoisotopic (exact) mass is 800 g/mol. The molecular weight excluding hydrogens is 751 g/mol. The third kappa shape index (κ3) is 8.28. The first-order chi connectivity index (χ1) is 28.1. The Morgan fingerprint density at radius 1 is 0.776 bits per heavy atom. The predicted octanol–water partition coefficient (Wildman–Crippen LogP) is 5.98. The van der Waals surface area contributed by atoms with Crippen molar-refractivity contribution in [2.24, 2.45) is 11.5 Å². The van der Waals surface area contributed by atoms with Gasteiger partial charge in [0.05, 0.1) is 5.75 Å². The number of carbonyl (C=O) groups is 4. The number of aromatic nitrogens is 1. The van der Waals surface area contributed by atoms with E-state index in [1.54, 1.807) is 42.7 Å². The van der Waals surface area contributed by atoms with Gasteiger partial charge in [-0.25, -0.2) is 4.79 Å². The fourth-order valence-corrected chi connectivity index (χ4v) is 10.1. The van der Waals surface area contributed by atoms with Crippen molar-refractivity contribution >= 4 is 62.5 Å². The molecular formula is C44H49BN6O6S. The molecule has 0 bridgehead atoms. The Hall–Kier alpha value is -5.41. The van der Waals surface area contributed by atoms with Crippen LogP contribution in [-0.2, 0) is 26.6 Å². The molecule has 0 radical (unpaired) electrons. The minimum absolute atomic E-state index is 0.0899. The molecule has 58 heavy (non-hydrogen) atoms. The van der Waals surface area contributed by atoms with Crippen molar-refractivity contribution < 1.29 is 27.9 Å². The molecule has 1 aromatic heterocycles. The van der Waals surface area contributed by atoms with E-state index in [2.05, 4.69) is 34.6 Å². The number of nitrogens with one attached hydrogen (secondary N) is 2. The van der Waals surface area contributed by atoms with Crippen molar-refractivity contribution in [1.29, 1.82) is 0 Å². The van der Waals surface area contributed by atoms with E-state index in [1.165, 1.54) is 11.1 Å². The van der Waals surface area contributed by atoms with Crippen molar-refractivity contribution in [2.75, 3.05) is 43.5 Å². The Morgan fingerprint density at radius 2 is 1.36 bits per heavy atom. The van der Waals surface area contributed by atoms with E-state index in [9.17, 15) is 19.2 Å². The number of nitrogens with zero attached hydrogens (tertiary/aromatic N) is 2. The number of piperidine rings is 2. The number of nitrogens with two attached hydrogens (primary N) is 2. The highest BCUT2D eigenvalue weighted by Gasteiger charge is 2.48. The van der Waals surface area contributed by atoms with Crippen LogP contribution in [0.15, 0.2) is 97.1 Å². The van der Waals surface area contributed by atoms with E-state index in [4.69, 9.17) is 20.2 Å². The van der Waals surface area contributed by atoms with Gasteiger partial charge in [0.25, 0.3) is 11.8 Å². The minimum Gasteiger partial charge on any atom is -0.496 e. The van der Waals surface area contributed by atoms with E-state index in [0.717, 1.165) is 36.8 Å². The Bertz CT molecular complexity index is 2360. The number of benzene rings is 4. The van der Waals surface area contributed by atoms with Crippen LogP contribution in [-0.4, -0.2) is 83.1 Å². The maximum atomic E-state index is 13.7. The van der Waals surface area contributed by atoms with Crippen LogP contribution in [0.5, 0.6) is 0 Å². The van der Waals surface area contributed by atoms with Crippen molar-refractivity contribution in [3.05, 3.63) is 131 Å². The van der Waals surface area contributed by atoms with Crippen LogP contribution in [0, 0.1) is 0 Å². The van der Waals surface area contributed by atoms with Crippen LogP contribution in [0.1, 0.15) is 80.6 Å². The Morgan fingerprint density at radius 3 is 1.98 bits per heavy atom. The summed E-state index contributed by atoms with van der Waals surface area (Å²) in [6, 6.07) is 30.9. The minimum atomic E-state index is -2.65. The second-order valence-electron chi connectivity index (χ2n) is 15.6. The van der Waals surface area contributed by atoms with E-state index < -0.39 is 28.6 Å². The first-order valence-electron chi connectivity index (χ1n) is 19.9. The maximum Gasteiger partial charge on any atom is 0.576 e. The molecule has 4 heterocycles. The van der Waals surface area contributed by atoms with Gasteiger partial charge in [-0.2, -0.15) is 0 Å². The van der Waals surface area contributed by atoms with Gasteiger partial charge >= 0.3 is 12.4 Å². The number of rotatable bonds is 10. The molecule has 300 valence electrons. The molecule has 8 rings (SSSR count). The van der Waals surface area contributed by atoms with Gasteiger partial charge in [-0.05, 0) is 107 Å². The van der Waals surface area contributed by atoms with E-state index in [0.29, 0.717) is 84.4 Å². The van der Waals surface area contributed by atoms with Gasteiger partial charge in [0, 0.05) is 66.9 Å². The Labute approximate surface area is 340 Å². The normalized spacial score (nSPS) is 20.2. The lowest BCUT2D eigenvalue weighted by atomic mass is 9.77. The molecule has 1 atom stereocenters. The smallest absolute Gasteiger partial charge is 0.496 e. The van der Waals surface area contributed by atoms with Gasteiger partial charge in [-0.3, -0.25) is 14.4 Å². The molecule has 3 saturated heterocycles. The van der Waals surface area contributed by atoms with E-state index in [-0.39, 0.29) is 17.6 Å². The highest BCUT2D eigenvalue weighted by atomic mass is 32.3. The predicted molar refractivity (Wildman–Crippen MR) is 229 cm³/mol. The number of fused-ring (bicyclic) bond motifs is 1. The van der Waals surface area contributed by atoms with Crippen LogP contribution in [0.3, 0.4) is 0 Å². The average molecular weight is 801 g/mol. The number of hydrogen-bond donors (Lipinski definition) is 4. The van der Waals surface area contributed by atoms with Crippen molar-refractivity contribution in [1.82, 2.24) is 14.8 Å². The molecule has 1 unspecified atom stereocenters. The maximum absolute atomic E-state index is 13.7. The summed E-state index contributed by atoms with van der Waals surface area (Å²) in [5, 5.41) is 2.98. The average Bonchev–Trinajstić information content (AvgIpc) is 3.83. The summed E-state index contributed by atoms with van der Waals surface area (Å²) >= 11 is 0. The molecule has 3 aliphatic rings. The summed E-state index contributed by atoms with van der Waals surface area (Å²) in [4.78, 5) is 60.9. The van der Waals surface area contributed by atoms with Gasteiger partial charge in [-0.15, -0.1) is 0 Å². The highest BCUT2D eigenvalue weighted by Crippen LogP contribution is 2.52. The standard InChI is InChI=1S/C44H49BN6O6S/c1-58(28-41(52)48-36-11-4-10-35(24-36)42(53)50-18-14-31(15-19-50)33-8-2-6-29(22-33)26-46)44(55)56-45(57-58)38-12-5-13-39-37(38)25-40(49-39)43(54)51-20-16-32(17-21-51)34-9-3-7-30(23-34)27-47/h2-13,22-25,31-32,49H,14-21,26-28,46-47H2,1H3,(H,48,52). The second kappa shape index (κ2) is 16.8. The van der Waals surface area contributed by atoms with Gasteiger partial charge in [0.15, 0.2) is 0 Å². The topological polar surface area (TPSA) is 173 Å². The van der Waals surface area contributed by atoms with Gasteiger partial charge in [0.1, 0.15) is 5.69 Å². The number of carbonyl (C=O) groups excluding carboxylic acids is 4. The molecule has 3 aliphatic heterocycles. The van der Waals surface area contributed by atoms with E-state index in [1.807, 2.05) is 46.2 Å². The number of anilines is 1. The first-order valence-corrected chi connectivity index (χ1v) is 22.1. The molecule has 14 heteroatoms. The van der Waals surface area contributed by atoms with Gasteiger partial charge in [0.2, 0.25) is 5.91 Å². The Kier molecular flexibility index (Phi) is 11.4. The van der Waals surface area contributed by atoms with Crippen LogP contribution in [0.4, 0.5) is 10.5 Å². The summed E-state index contributed by atoms with van der Waals surface area (Å²) in [7, 11) is -3.70. The number of aromatic amines is 1. The van der Waals surface area contributed by atoms with Crippen LogP contribution in [0.2, 0.25) is 0 Å². The molecule has 4 aromatic carbocycles. The van der Waals surface area contributed by atoms with Crippen LogP contribution in [0.25, 0.3) is 10.9 Å². The quantitative estimate of drug-likeness (QED) is 0.125. The molecule has 0 aliphatic carbocycles. The zero-order valence-electron chi connectivity index (χ0n) is 32.7. The first kappa shape index (κ1) is 39.4. The molecule has 3 fully saturated rings. The third-order valence-electron chi connectivity index (χ3n) is 11.7. The molecule has 0 saturated carbocycles. The summed E-state index contributed by atoms with van der Waals surface area (Å²) in [6.45, 7) is 3.54. The van der Waals surface area contributed by atoms with Crippen LogP contribution >= 0.6 is 10.3 Å². The number of hydrogen-bond acceptors (Lipinski definition) is 8. The van der Waals surface area contributed by atoms with Crippen molar-refractivity contribution in [3.8, 4) is 0 Å². The second-order valence-corrected chi connectivity index (χ2v) is 18.4. The van der Waals surface area contributed by atoms with Gasteiger partial charge in [-0.1, -0.05) is 66.7 Å².